The van der Waals surface area contributed by atoms with Gasteiger partial charge < -0.3 is 5.32 Å². The molecule has 3 nitrogen and oxygen atoms in total. The molecule has 0 aliphatic rings. The van der Waals surface area contributed by atoms with E-state index in [2.05, 4.69) is 67.3 Å². The maximum atomic E-state index is 4.41. The van der Waals surface area contributed by atoms with Gasteiger partial charge >= 0.3 is 0 Å². The highest BCUT2D eigenvalue weighted by atomic mass is 15.0. The van der Waals surface area contributed by atoms with E-state index >= 15 is 0 Å². The van der Waals surface area contributed by atoms with Crippen LogP contribution in [0.2, 0.25) is 0 Å². The second-order valence-electron chi connectivity index (χ2n) is 5.27. The van der Waals surface area contributed by atoms with E-state index in [-0.39, 0.29) is 0 Å². The van der Waals surface area contributed by atoms with Gasteiger partial charge in [-0.3, -0.25) is 4.40 Å². The molecule has 3 heteroatoms. The molecule has 0 radical (unpaired) electrons. The maximum absolute atomic E-state index is 4.41. The summed E-state index contributed by atoms with van der Waals surface area (Å²) in [5.74, 6) is 0.510. The van der Waals surface area contributed by atoms with E-state index in [1.54, 1.807) is 0 Å². The molecule has 0 atom stereocenters. The molecule has 0 fully saturated rings. The molecule has 2 aromatic heterocycles. The summed E-state index contributed by atoms with van der Waals surface area (Å²) in [5.41, 5.74) is 4.21. The molecular weight excluding hydrogens is 222 g/mol. The minimum absolute atomic E-state index is 0.372. The van der Waals surface area contributed by atoms with Gasteiger partial charge in [-0.15, -0.1) is 0 Å². The number of nitrogens with zero attached hydrogens (tertiary/aromatic N) is 2. The third-order valence-corrected chi connectivity index (χ3v) is 2.97. The highest BCUT2D eigenvalue weighted by Crippen LogP contribution is 2.19. The normalized spacial score (nSPS) is 11.4. The summed E-state index contributed by atoms with van der Waals surface area (Å²) in [6.45, 7) is 12.7. The van der Waals surface area contributed by atoms with Gasteiger partial charge in [0.1, 0.15) is 5.65 Å². The summed E-state index contributed by atoms with van der Waals surface area (Å²) < 4.78 is 2.10. The summed E-state index contributed by atoms with van der Waals surface area (Å²) in [6, 6.07) is 4.56. The number of rotatable bonds is 4. The lowest BCUT2D eigenvalue weighted by atomic mass is 10.1. The lowest BCUT2D eigenvalue weighted by Crippen LogP contribution is -2.21. The lowest BCUT2D eigenvalue weighted by Gasteiger charge is -2.13. The minimum Gasteiger partial charge on any atom is -0.382 e. The van der Waals surface area contributed by atoms with Crippen molar-refractivity contribution in [3.63, 3.8) is 0 Å². The van der Waals surface area contributed by atoms with Gasteiger partial charge in [-0.05, 0) is 31.4 Å². The van der Waals surface area contributed by atoms with E-state index in [0.717, 1.165) is 17.0 Å². The summed E-state index contributed by atoms with van der Waals surface area (Å²) in [4.78, 5) is 4.41. The highest BCUT2D eigenvalue weighted by molar-refractivity contribution is 5.62. The fourth-order valence-electron chi connectivity index (χ4n) is 1.98. The molecule has 2 aromatic rings. The van der Waals surface area contributed by atoms with Gasteiger partial charge in [-0.1, -0.05) is 26.5 Å². The third kappa shape index (κ3) is 2.40. The van der Waals surface area contributed by atoms with Crippen LogP contribution in [0.4, 0.5) is 0 Å². The van der Waals surface area contributed by atoms with E-state index in [4.69, 9.17) is 0 Å². The van der Waals surface area contributed by atoms with Gasteiger partial charge in [0.25, 0.3) is 0 Å². The molecule has 0 amide bonds. The van der Waals surface area contributed by atoms with Crippen LogP contribution < -0.4 is 5.32 Å². The first-order chi connectivity index (χ1) is 8.49. The molecule has 2 rings (SSSR count). The van der Waals surface area contributed by atoms with Crippen molar-refractivity contribution >= 4 is 11.3 Å². The van der Waals surface area contributed by atoms with Crippen molar-refractivity contribution in [2.75, 3.05) is 0 Å². The largest absolute Gasteiger partial charge is 0.382 e. The van der Waals surface area contributed by atoms with Crippen LogP contribution >= 0.6 is 0 Å². The van der Waals surface area contributed by atoms with Crippen molar-refractivity contribution in [3.05, 3.63) is 42.4 Å². The van der Waals surface area contributed by atoms with Crippen molar-refractivity contribution in [2.24, 2.45) is 0 Å². The number of fused-ring (bicyclic) bond motifs is 1. The molecule has 0 aromatic carbocycles. The Hall–Kier alpha value is -1.77. The highest BCUT2D eigenvalue weighted by Gasteiger charge is 2.09. The van der Waals surface area contributed by atoms with Crippen molar-refractivity contribution in [3.8, 4) is 0 Å². The second kappa shape index (κ2) is 4.84. The smallest absolute Gasteiger partial charge is 0.137 e. The maximum Gasteiger partial charge on any atom is 0.137 e. The Kier molecular flexibility index (Phi) is 3.41. The number of pyridine rings is 1. The summed E-state index contributed by atoms with van der Waals surface area (Å²) in [5, 5.41) is 3.33. The zero-order chi connectivity index (χ0) is 13.3. The van der Waals surface area contributed by atoms with Crippen LogP contribution in [0.1, 0.15) is 44.9 Å². The number of hydrogen-bond donors (Lipinski definition) is 1. The van der Waals surface area contributed by atoms with Crippen LogP contribution in [-0.2, 0) is 0 Å². The first kappa shape index (κ1) is 12.7. The molecule has 0 saturated heterocycles. The lowest BCUT2D eigenvalue weighted by molar-refractivity contribution is 0.715. The molecule has 1 N–H and O–H groups in total. The topological polar surface area (TPSA) is 29.3 Å². The molecule has 2 heterocycles. The van der Waals surface area contributed by atoms with E-state index in [1.807, 2.05) is 6.20 Å². The summed E-state index contributed by atoms with van der Waals surface area (Å²) in [7, 11) is 0. The SMILES string of the molecule is C=C(NC(C)C)c1cnc2ccc(C(C)C)cn12. The van der Waals surface area contributed by atoms with Crippen molar-refractivity contribution < 1.29 is 0 Å². The van der Waals surface area contributed by atoms with Crippen LogP contribution in [-0.4, -0.2) is 15.4 Å². The van der Waals surface area contributed by atoms with E-state index in [0.29, 0.717) is 12.0 Å². The van der Waals surface area contributed by atoms with Gasteiger partial charge in [0.15, 0.2) is 0 Å². The van der Waals surface area contributed by atoms with Crippen molar-refractivity contribution in [1.82, 2.24) is 14.7 Å². The number of imidazole rings is 1. The number of hydrogen-bond acceptors (Lipinski definition) is 2. The van der Waals surface area contributed by atoms with E-state index in [9.17, 15) is 0 Å². The van der Waals surface area contributed by atoms with Crippen LogP contribution in [0.25, 0.3) is 11.3 Å². The fourth-order valence-corrected chi connectivity index (χ4v) is 1.98. The Labute approximate surface area is 109 Å². The Balaban J connectivity index is 2.45. The first-order valence-electron chi connectivity index (χ1n) is 6.42. The number of aromatic nitrogens is 2. The quantitative estimate of drug-likeness (QED) is 0.891. The van der Waals surface area contributed by atoms with Crippen LogP contribution in [0.3, 0.4) is 0 Å². The molecule has 0 unspecified atom stereocenters. The van der Waals surface area contributed by atoms with E-state index < -0.39 is 0 Å². The Morgan fingerprint density at radius 3 is 2.61 bits per heavy atom. The fraction of sp³-hybridized carbons (Fsp3) is 0.400. The first-order valence-corrected chi connectivity index (χ1v) is 6.42. The van der Waals surface area contributed by atoms with Gasteiger partial charge in [-0.2, -0.15) is 0 Å². The van der Waals surface area contributed by atoms with Crippen molar-refractivity contribution in [2.45, 2.75) is 39.7 Å². The summed E-state index contributed by atoms with van der Waals surface area (Å²) in [6.07, 6.45) is 4.02. The predicted octanol–water partition coefficient (Wildman–Crippen LogP) is 3.43. The Bertz CT molecular complexity index is 564. The van der Waals surface area contributed by atoms with E-state index in [1.165, 1.54) is 5.56 Å². The molecule has 0 aliphatic heterocycles. The Morgan fingerprint density at radius 2 is 2.00 bits per heavy atom. The average Bonchev–Trinajstić information content (AvgIpc) is 2.70. The van der Waals surface area contributed by atoms with Gasteiger partial charge in [0.2, 0.25) is 0 Å². The van der Waals surface area contributed by atoms with Gasteiger partial charge in [-0.25, -0.2) is 4.98 Å². The van der Waals surface area contributed by atoms with Crippen LogP contribution in [0.15, 0.2) is 31.1 Å². The molecular formula is C15H21N3. The van der Waals surface area contributed by atoms with Crippen LogP contribution in [0, 0.1) is 0 Å². The second-order valence-corrected chi connectivity index (χ2v) is 5.27. The van der Waals surface area contributed by atoms with Gasteiger partial charge in [0, 0.05) is 12.2 Å². The zero-order valence-electron chi connectivity index (χ0n) is 11.6. The minimum atomic E-state index is 0.372. The van der Waals surface area contributed by atoms with Gasteiger partial charge in [0.05, 0.1) is 17.6 Å². The molecule has 0 spiro atoms. The monoisotopic (exact) mass is 243 g/mol. The summed E-state index contributed by atoms with van der Waals surface area (Å²) >= 11 is 0. The standard InChI is InChI=1S/C15H21N3/c1-10(2)13-6-7-15-16-8-14(18(15)9-13)12(5)17-11(3)4/h6-11,17H,5H2,1-4H3. The molecule has 0 bridgehead atoms. The predicted molar refractivity (Wildman–Crippen MR) is 76.6 cm³/mol. The molecule has 0 aliphatic carbocycles. The van der Waals surface area contributed by atoms with Crippen LogP contribution in [0.5, 0.6) is 0 Å². The molecule has 0 saturated carbocycles. The molecule has 96 valence electrons. The zero-order valence-corrected chi connectivity index (χ0v) is 11.6. The number of nitrogens with one attached hydrogen (secondary N) is 1. The Morgan fingerprint density at radius 1 is 1.28 bits per heavy atom. The third-order valence-electron chi connectivity index (χ3n) is 2.97. The average molecular weight is 243 g/mol. The molecule has 18 heavy (non-hydrogen) atoms. The van der Waals surface area contributed by atoms with Crippen molar-refractivity contribution in [1.29, 1.82) is 0 Å².